The topological polar surface area (TPSA) is 92.8 Å². The third-order valence-corrected chi connectivity index (χ3v) is 4.74. The fraction of sp³-hybridized carbons (Fsp3) is 0.200. The molecule has 0 aliphatic carbocycles. The van der Waals surface area contributed by atoms with E-state index >= 15 is 0 Å². The molecule has 3 amide bonds. The van der Waals surface area contributed by atoms with Crippen molar-refractivity contribution in [2.24, 2.45) is 0 Å². The third-order valence-electron chi connectivity index (χ3n) is 4.24. The number of hydrogen-bond acceptors (Lipinski definition) is 5. The Morgan fingerprint density at radius 1 is 1.07 bits per heavy atom. The summed E-state index contributed by atoms with van der Waals surface area (Å²) < 4.78 is 5.83. The van der Waals surface area contributed by atoms with Crippen LogP contribution in [0.1, 0.15) is 32.7 Å². The largest absolute Gasteiger partial charge is 0.456 e. The summed E-state index contributed by atoms with van der Waals surface area (Å²) in [6.07, 6.45) is -0.184. The quantitative estimate of drug-likeness (QED) is 0.545. The maximum Gasteiger partial charge on any atom is 0.308 e. The number of carbonyl (C=O) groups excluding carboxylic acids is 4. The number of carbonyl (C=O) groups is 4. The van der Waals surface area contributed by atoms with E-state index in [0.717, 1.165) is 14.9 Å². The highest BCUT2D eigenvalue weighted by Crippen LogP contribution is 2.22. The van der Waals surface area contributed by atoms with Gasteiger partial charge in [0.15, 0.2) is 6.61 Å². The van der Waals surface area contributed by atoms with Gasteiger partial charge in [-0.1, -0.05) is 28.1 Å². The number of esters is 1. The minimum atomic E-state index is -0.667. The lowest BCUT2D eigenvalue weighted by molar-refractivity contribution is -0.147. The number of nitrogens with zero attached hydrogens (tertiary/aromatic N) is 1. The van der Waals surface area contributed by atoms with Gasteiger partial charge in [-0.3, -0.25) is 24.1 Å². The van der Waals surface area contributed by atoms with E-state index in [1.807, 2.05) is 13.0 Å². The Hall–Kier alpha value is -3.00. The first-order chi connectivity index (χ1) is 13.4. The van der Waals surface area contributed by atoms with E-state index in [2.05, 4.69) is 21.2 Å². The van der Waals surface area contributed by atoms with Crippen molar-refractivity contribution in [1.29, 1.82) is 0 Å². The monoisotopic (exact) mass is 444 g/mol. The van der Waals surface area contributed by atoms with Crippen LogP contribution in [0.2, 0.25) is 0 Å². The summed E-state index contributed by atoms with van der Waals surface area (Å²) in [7, 11) is 0. The average Bonchev–Trinajstić information content (AvgIpc) is 2.91. The van der Waals surface area contributed by atoms with Crippen molar-refractivity contribution in [3.8, 4) is 0 Å². The lowest BCUT2D eigenvalue weighted by atomic mass is 10.1. The minimum Gasteiger partial charge on any atom is -0.456 e. The summed E-state index contributed by atoms with van der Waals surface area (Å²) >= 11 is 3.34. The molecule has 0 radical (unpaired) electrons. The summed E-state index contributed by atoms with van der Waals surface area (Å²) in [6.45, 7) is 1.30. The Morgan fingerprint density at radius 3 is 2.32 bits per heavy atom. The van der Waals surface area contributed by atoms with E-state index < -0.39 is 30.3 Å². The molecule has 0 spiro atoms. The molecule has 1 heterocycles. The first kappa shape index (κ1) is 19.8. The Morgan fingerprint density at radius 2 is 1.71 bits per heavy atom. The van der Waals surface area contributed by atoms with Gasteiger partial charge in [0.2, 0.25) is 0 Å². The van der Waals surface area contributed by atoms with E-state index in [1.165, 1.54) is 0 Å². The highest BCUT2D eigenvalue weighted by Gasteiger charge is 2.35. The van der Waals surface area contributed by atoms with Gasteiger partial charge in [0.25, 0.3) is 17.7 Å². The smallest absolute Gasteiger partial charge is 0.308 e. The maximum atomic E-state index is 12.2. The first-order valence-corrected chi connectivity index (χ1v) is 9.33. The molecule has 144 valence electrons. The van der Waals surface area contributed by atoms with Crippen molar-refractivity contribution in [1.82, 2.24) is 4.90 Å². The van der Waals surface area contributed by atoms with Crippen molar-refractivity contribution < 1.29 is 23.9 Å². The SMILES string of the molecule is Cc1cc(Br)ccc1NC(=O)COC(=O)CCN1C(=O)c2ccccc2C1=O. The van der Waals surface area contributed by atoms with Gasteiger partial charge in [0, 0.05) is 16.7 Å². The number of anilines is 1. The molecule has 1 N–H and O–H groups in total. The van der Waals surface area contributed by atoms with E-state index in [4.69, 9.17) is 4.74 Å². The zero-order chi connectivity index (χ0) is 20.3. The minimum absolute atomic E-state index is 0.0986. The molecule has 2 aromatic rings. The lowest BCUT2D eigenvalue weighted by Crippen LogP contribution is -2.32. The van der Waals surface area contributed by atoms with Crippen LogP contribution in [0, 0.1) is 6.92 Å². The van der Waals surface area contributed by atoms with Crippen LogP contribution < -0.4 is 5.32 Å². The first-order valence-electron chi connectivity index (χ1n) is 8.53. The van der Waals surface area contributed by atoms with E-state index in [1.54, 1.807) is 36.4 Å². The zero-order valence-corrected chi connectivity index (χ0v) is 16.6. The molecule has 0 atom stereocenters. The van der Waals surface area contributed by atoms with Gasteiger partial charge in [0.1, 0.15) is 0 Å². The molecule has 0 unspecified atom stereocenters. The van der Waals surface area contributed by atoms with Crippen LogP contribution in [0.4, 0.5) is 5.69 Å². The second kappa shape index (κ2) is 8.35. The Kier molecular flexibility index (Phi) is 5.89. The summed E-state index contributed by atoms with van der Waals surface area (Å²) in [4.78, 5) is 49.3. The number of rotatable bonds is 6. The summed E-state index contributed by atoms with van der Waals surface area (Å²) in [5, 5.41) is 2.66. The maximum absolute atomic E-state index is 12.2. The normalized spacial score (nSPS) is 12.7. The summed E-state index contributed by atoms with van der Waals surface area (Å²) in [6, 6.07) is 11.9. The number of hydrogen-bond donors (Lipinski definition) is 1. The second-order valence-corrected chi connectivity index (χ2v) is 7.14. The van der Waals surface area contributed by atoms with Crippen molar-refractivity contribution >= 4 is 45.3 Å². The van der Waals surface area contributed by atoms with Crippen LogP contribution in [-0.2, 0) is 14.3 Å². The highest BCUT2D eigenvalue weighted by molar-refractivity contribution is 9.10. The van der Waals surface area contributed by atoms with E-state index in [-0.39, 0.29) is 13.0 Å². The number of aryl methyl sites for hydroxylation is 1. The molecule has 0 saturated carbocycles. The number of ether oxygens (including phenoxy) is 1. The van der Waals surface area contributed by atoms with Crippen molar-refractivity contribution in [3.63, 3.8) is 0 Å². The Bertz CT molecular complexity index is 938. The Balaban J connectivity index is 1.47. The van der Waals surface area contributed by atoms with Gasteiger partial charge in [-0.25, -0.2) is 0 Å². The van der Waals surface area contributed by atoms with Gasteiger partial charge >= 0.3 is 5.97 Å². The van der Waals surface area contributed by atoms with Crippen LogP contribution in [-0.4, -0.2) is 41.7 Å². The average molecular weight is 445 g/mol. The predicted molar refractivity (Wildman–Crippen MR) is 105 cm³/mol. The third kappa shape index (κ3) is 4.28. The van der Waals surface area contributed by atoms with E-state index in [0.29, 0.717) is 16.8 Å². The molecule has 1 aliphatic rings. The van der Waals surface area contributed by atoms with Crippen molar-refractivity contribution in [2.45, 2.75) is 13.3 Å². The number of fused-ring (bicyclic) bond motifs is 1. The molecular weight excluding hydrogens is 428 g/mol. The number of nitrogens with one attached hydrogen (secondary N) is 1. The fourth-order valence-electron chi connectivity index (χ4n) is 2.82. The molecule has 3 rings (SSSR count). The van der Waals surface area contributed by atoms with Gasteiger partial charge in [-0.15, -0.1) is 0 Å². The number of halogens is 1. The van der Waals surface area contributed by atoms with Crippen LogP contribution in [0.3, 0.4) is 0 Å². The Labute approximate surface area is 169 Å². The molecule has 28 heavy (non-hydrogen) atoms. The molecule has 0 saturated heterocycles. The number of imide groups is 1. The van der Waals surface area contributed by atoms with Crippen LogP contribution >= 0.6 is 15.9 Å². The predicted octanol–water partition coefficient (Wildman–Crippen LogP) is 2.93. The molecule has 0 bridgehead atoms. The van der Waals surface area contributed by atoms with Crippen molar-refractivity contribution in [2.75, 3.05) is 18.5 Å². The molecule has 1 aliphatic heterocycles. The second-order valence-electron chi connectivity index (χ2n) is 6.23. The molecule has 0 fully saturated rings. The van der Waals surface area contributed by atoms with E-state index in [9.17, 15) is 19.2 Å². The standard InChI is InChI=1S/C20H17BrN2O5/c1-12-10-13(21)6-7-16(12)22-17(24)11-28-18(25)8-9-23-19(26)14-4-2-3-5-15(14)20(23)27/h2-7,10H,8-9,11H2,1H3,(H,22,24). The number of benzene rings is 2. The van der Waals surface area contributed by atoms with Gasteiger partial charge in [0.05, 0.1) is 17.5 Å². The molecule has 0 aromatic heterocycles. The van der Waals surface area contributed by atoms with Gasteiger partial charge in [-0.2, -0.15) is 0 Å². The van der Waals surface area contributed by atoms with Crippen LogP contribution in [0.15, 0.2) is 46.9 Å². The van der Waals surface area contributed by atoms with Crippen LogP contribution in [0.5, 0.6) is 0 Å². The van der Waals surface area contributed by atoms with Gasteiger partial charge in [-0.05, 0) is 42.8 Å². The zero-order valence-electron chi connectivity index (χ0n) is 15.0. The van der Waals surface area contributed by atoms with Gasteiger partial charge < -0.3 is 10.1 Å². The van der Waals surface area contributed by atoms with Crippen molar-refractivity contribution in [3.05, 3.63) is 63.6 Å². The molecule has 7 nitrogen and oxygen atoms in total. The fourth-order valence-corrected chi connectivity index (χ4v) is 3.29. The summed E-state index contributed by atoms with van der Waals surface area (Å²) in [5.74, 6) is -2.01. The lowest BCUT2D eigenvalue weighted by Gasteiger charge is -2.13. The summed E-state index contributed by atoms with van der Waals surface area (Å²) in [5.41, 5.74) is 2.13. The highest BCUT2D eigenvalue weighted by atomic mass is 79.9. The van der Waals surface area contributed by atoms with Crippen LogP contribution in [0.25, 0.3) is 0 Å². The molecule has 2 aromatic carbocycles. The number of amides is 3. The molecular formula is C20H17BrN2O5. The molecule has 8 heteroatoms.